The summed E-state index contributed by atoms with van der Waals surface area (Å²) in [6, 6.07) is 38.5. The van der Waals surface area contributed by atoms with Gasteiger partial charge in [-0.1, -0.05) is 109 Å². The third kappa shape index (κ3) is 5.61. The van der Waals surface area contributed by atoms with Crippen LogP contribution in [-0.2, 0) is 18.6 Å². The highest BCUT2D eigenvalue weighted by Crippen LogP contribution is 2.39. The lowest BCUT2D eigenvalue weighted by molar-refractivity contribution is 0.00578. The Bertz CT molecular complexity index is 1480. The van der Waals surface area contributed by atoms with Crippen molar-refractivity contribution >= 4 is 36.3 Å². The average molecular weight is 584 g/mol. The van der Waals surface area contributed by atoms with E-state index >= 15 is 0 Å². The van der Waals surface area contributed by atoms with E-state index in [0.717, 1.165) is 44.3 Å². The molecule has 6 rings (SSSR count). The summed E-state index contributed by atoms with van der Waals surface area (Å²) in [5.74, 6) is 0. The topological polar surface area (TPSA) is 36.9 Å². The Balaban J connectivity index is 1.45. The Morgan fingerprint density at radius 2 is 0.614 bits per heavy atom. The Kier molecular flexibility index (Phi) is 7.78. The van der Waals surface area contributed by atoms with E-state index in [2.05, 4.69) is 165 Å². The molecule has 6 heteroatoms. The van der Waals surface area contributed by atoms with Crippen LogP contribution in [0.15, 0.2) is 109 Å². The molecule has 2 fully saturated rings. The van der Waals surface area contributed by atoms with E-state index in [1.165, 1.54) is 0 Å². The lowest BCUT2D eigenvalue weighted by Crippen LogP contribution is -2.41. The van der Waals surface area contributed by atoms with E-state index in [1.807, 2.05) is 0 Å². The molecule has 0 amide bonds. The Morgan fingerprint density at radius 1 is 0.364 bits per heavy atom. The standard InChI is InChI=1S/C38H42B2O4/c1-35(2)36(3,4)42-39(41-35)31-23-19-29(20-24-31)33(27-15-11-9-12-16-27)34(28-17-13-10-14-18-28)30-21-25-32(26-22-30)40-43-37(5,6)38(7,8)44-40/h9-26H,1-8H3/b34-33-. The van der Waals surface area contributed by atoms with Crippen LogP contribution in [0, 0.1) is 0 Å². The van der Waals surface area contributed by atoms with Crippen molar-refractivity contribution in [3.63, 3.8) is 0 Å². The van der Waals surface area contributed by atoms with E-state index in [0.29, 0.717) is 0 Å². The molecular formula is C38H42B2O4. The van der Waals surface area contributed by atoms with Crippen molar-refractivity contribution < 1.29 is 18.6 Å². The molecule has 224 valence electrons. The van der Waals surface area contributed by atoms with Crippen LogP contribution in [0.5, 0.6) is 0 Å². The normalized spacial score (nSPS) is 20.5. The van der Waals surface area contributed by atoms with Crippen LogP contribution in [0.3, 0.4) is 0 Å². The van der Waals surface area contributed by atoms with Crippen molar-refractivity contribution in [2.75, 3.05) is 0 Å². The SMILES string of the molecule is CC1(C)OB(c2ccc(/C(=C(/c3ccccc3)c3ccc(B4OC(C)(C)C(C)(C)O4)cc3)c3ccccc3)cc2)OC1(C)C. The fourth-order valence-corrected chi connectivity index (χ4v) is 5.69. The summed E-state index contributed by atoms with van der Waals surface area (Å²) in [5.41, 5.74) is 7.28. The minimum atomic E-state index is -0.408. The van der Waals surface area contributed by atoms with Crippen LogP contribution >= 0.6 is 0 Å². The molecule has 0 aromatic heterocycles. The van der Waals surface area contributed by atoms with E-state index in [1.54, 1.807) is 0 Å². The van der Waals surface area contributed by atoms with Crippen molar-refractivity contribution in [3.05, 3.63) is 131 Å². The first-order valence-corrected chi connectivity index (χ1v) is 15.6. The minimum Gasteiger partial charge on any atom is -0.399 e. The van der Waals surface area contributed by atoms with E-state index in [9.17, 15) is 0 Å². The maximum absolute atomic E-state index is 6.35. The zero-order chi connectivity index (χ0) is 31.3. The molecule has 0 N–H and O–H groups in total. The molecule has 0 aliphatic carbocycles. The number of benzene rings is 4. The van der Waals surface area contributed by atoms with Gasteiger partial charge in [-0.15, -0.1) is 0 Å². The summed E-state index contributed by atoms with van der Waals surface area (Å²) >= 11 is 0. The van der Waals surface area contributed by atoms with Crippen LogP contribution < -0.4 is 10.9 Å². The molecule has 4 aromatic carbocycles. The quantitative estimate of drug-likeness (QED) is 0.176. The molecule has 0 atom stereocenters. The van der Waals surface area contributed by atoms with E-state index in [-0.39, 0.29) is 0 Å². The van der Waals surface area contributed by atoms with Gasteiger partial charge in [0.2, 0.25) is 0 Å². The van der Waals surface area contributed by atoms with Crippen molar-refractivity contribution in [2.45, 2.75) is 77.8 Å². The molecule has 0 unspecified atom stereocenters. The lowest BCUT2D eigenvalue weighted by Gasteiger charge is -2.32. The molecule has 0 bridgehead atoms. The molecular weight excluding hydrogens is 542 g/mol. The van der Waals surface area contributed by atoms with Crippen molar-refractivity contribution in [1.82, 2.24) is 0 Å². The van der Waals surface area contributed by atoms with Gasteiger partial charge in [-0.3, -0.25) is 0 Å². The van der Waals surface area contributed by atoms with Gasteiger partial charge < -0.3 is 18.6 Å². The molecule has 2 heterocycles. The third-order valence-electron chi connectivity index (χ3n) is 9.82. The first-order valence-electron chi connectivity index (χ1n) is 15.6. The van der Waals surface area contributed by atoms with Crippen molar-refractivity contribution in [3.8, 4) is 0 Å². The summed E-state index contributed by atoms with van der Waals surface area (Å²) < 4.78 is 25.4. The molecule has 44 heavy (non-hydrogen) atoms. The zero-order valence-corrected chi connectivity index (χ0v) is 27.2. The molecule has 2 aliphatic heterocycles. The Hall–Kier alpha value is -3.41. The minimum absolute atomic E-state index is 0.391. The van der Waals surface area contributed by atoms with Gasteiger partial charge in [0.05, 0.1) is 22.4 Å². The third-order valence-corrected chi connectivity index (χ3v) is 9.82. The number of rotatable bonds is 6. The van der Waals surface area contributed by atoms with Crippen LogP contribution in [0.4, 0.5) is 0 Å². The van der Waals surface area contributed by atoms with Crippen LogP contribution in [-0.4, -0.2) is 36.6 Å². The second kappa shape index (κ2) is 11.2. The Morgan fingerprint density at radius 3 is 0.886 bits per heavy atom. The van der Waals surface area contributed by atoms with E-state index < -0.39 is 36.6 Å². The van der Waals surface area contributed by atoms with Crippen LogP contribution in [0.2, 0.25) is 0 Å². The predicted molar refractivity (Wildman–Crippen MR) is 182 cm³/mol. The van der Waals surface area contributed by atoms with Gasteiger partial charge >= 0.3 is 14.2 Å². The molecule has 0 spiro atoms. The maximum Gasteiger partial charge on any atom is 0.494 e. The van der Waals surface area contributed by atoms with Gasteiger partial charge in [-0.05, 0) is 99.7 Å². The van der Waals surface area contributed by atoms with E-state index in [4.69, 9.17) is 18.6 Å². The summed E-state index contributed by atoms with van der Waals surface area (Å²) in [6.07, 6.45) is 0. The number of hydrogen-bond donors (Lipinski definition) is 0. The second-order valence-electron chi connectivity index (χ2n) is 13.9. The second-order valence-corrected chi connectivity index (χ2v) is 13.9. The Labute approximate surface area is 263 Å². The zero-order valence-electron chi connectivity index (χ0n) is 27.2. The molecule has 4 nitrogen and oxygen atoms in total. The first kappa shape index (κ1) is 30.6. The molecule has 4 aromatic rings. The van der Waals surface area contributed by atoms with Gasteiger partial charge in [0.1, 0.15) is 0 Å². The summed E-state index contributed by atoms with van der Waals surface area (Å²) in [7, 11) is -0.816. The fraction of sp³-hybridized carbons (Fsp3) is 0.316. The van der Waals surface area contributed by atoms with Gasteiger partial charge in [-0.25, -0.2) is 0 Å². The largest absolute Gasteiger partial charge is 0.494 e. The van der Waals surface area contributed by atoms with Gasteiger partial charge in [0, 0.05) is 0 Å². The van der Waals surface area contributed by atoms with Gasteiger partial charge in [0.15, 0.2) is 0 Å². The monoisotopic (exact) mass is 584 g/mol. The smallest absolute Gasteiger partial charge is 0.399 e. The fourth-order valence-electron chi connectivity index (χ4n) is 5.69. The molecule has 2 aliphatic rings. The summed E-state index contributed by atoms with van der Waals surface area (Å²) in [6.45, 7) is 16.7. The molecule has 0 radical (unpaired) electrons. The highest BCUT2D eigenvalue weighted by molar-refractivity contribution is 6.62. The highest BCUT2D eigenvalue weighted by atomic mass is 16.7. The maximum atomic E-state index is 6.35. The average Bonchev–Trinajstić information content (AvgIpc) is 3.36. The molecule has 0 saturated carbocycles. The van der Waals surface area contributed by atoms with Crippen molar-refractivity contribution in [2.24, 2.45) is 0 Å². The first-order chi connectivity index (χ1) is 20.8. The highest BCUT2D eigenvalue weighted by Gasteiger charge is 2.52. The molecule has 2 saturated heterocycles. The predicted octanol–water partition coefficient (Wildman–Crippen LogP) is 7.29. The van der Waals surface area contributed by atoms with Gasteiger partial charge in [-0.2, -0.15) is 0 Å². The van der Waals surface area contributed by atoms with Crippen LogP contribution in [0.25, 0.3) is 11.1 Å². The van der Waals surface area contributed by atoms with Crippen LogP contribution in [0.1, 0.15) is 77.6 Å². The summed E-state index contributed by atoms with van der Waals surface area (Å²) in [5, 5.41) is 0. The lowest BCUT2D eigenvalue weighted by atomic mass is 9.76. The van der Waals surface area contributed by atoms with Crippen molar-refractivity contribution in [1.29, 1.82) is 0 Å². The van der Waals surface area contributed by atoms with Gasteiger partial charge in [0.25, 0.3) is 0 Å². The summed E-state index contributed by atoms with van der Waals surface area (Å²) in [4.78, 5) is 0. The number of hydrogen-bond acceptors (Lipinski definition) is 4.